The smallest absolute Gasteiger partial charge is 0.229 e. The van der Waals surface area contributed by atoms with Crippen LogP contribution in [0.15, 0.2) is 182 Å². The third-order valence-corrected chi connectivity index (χ3v) is 14.8. The Morgan fingerprint density at radius 1 is 0.357 bits per heavy atom. The molecule has 56 heavy (non-hydrogen) atoms. The van der Waals surface area contributed by atoms with E-state index in [0.29, 0.717) is 11.8 Å². The Hall–Kier alpha value is -4.88. The molecule has 0 aromatic heterocycles. The molecule has 4 nitrogen and oxygen atoms in total. The molecule has 2 atom stereocenters. The Bertz CT molecular complexity index is 1900. The maximum atomic E-state index is 14.8. The van der Waals surface area contributed by atoms with E-state index in [0.717, 1.165) is 22.4 Å². The Labute approximate surface area is 334 Å². The van der Waals surface area contributed by atoms with E-state index < -0.39 is 27.9 Å². The minimum atomic E-state index is -1.02. The molecule has 6 aromatic rings. The monoisotopic (exact) mass is 762 g/mol. The van der Waals surface area contributed by atoms with Gasteiger partial charge in [-0.15, -0.1) is 0 Å². The number of amides is 2. The van der Waals surface area contributed by atoms with Crippen LogP contribution >= 0.6 is 15.8 Å². The van der Waals surface area contributed by atoms with Crippen molar-refractivity contribution >= 4 is 48.9 Å². The Balaban J connectivity index is 1.12. The highest BCUT2D eigenvalue weighted by Crippen LogP contribution is 2.57. The highest BCUT2D eigenvalue weighted by atomic mass is 31.1. The predicted octanol–water partition coefficient (Wildman–Crippen LogP) is 8.43. The third-order valence-electron chi connectivity index (χ3n) is 9.84. The van der Waals surface area contributed by atoms with Crippen molar-refractivity contribution in [1.82, 2.24) is 10.6 Å². The summed E-state index contributed by atoms with van der Waals surface area (Å²) in [5.41, 5.74) is 3.74. The van der Waals surface area contributed by atoms with Crippen molar-refractivity contribution in [3.05, 3.63) is 255 Å². The lowest BCUT2D eigenvalue weighted by Crippen LogP contribution is -2.44. The molecule has 0 aliphatic heterocycles. The van der Waals surface area contributed by atoms with E-state index in [1.54, 1.807) is 0 Å². The Morgan fingerprint density at radius 2 is 0.625 bits per heavy atom. The van der Waals surface area contributed by atoms with Crippen LogP contribution in [0.3, 0.4) is 0 Å². The maximum Gasteiger partial charge on any atom is 0.229 e. The average molecular weight is 763 g/mol. The van der Waals surface area contributed by atoms with Crippen molar-refractivity contribution in [3.8, 4) is 0 Å². The lowest BCUT2D eigenvalue weighted by atomic mass is 9.91. The number of benzene rings is 6. The van der Waals surface area contributed by atoms with Crippen molar-refractivity contribution < 1.29 is 9.59 Å². The van der Waals surface area contributed by atoms with Gasteiger partial charge in [-0.25, -0.2) is 0 Å². The molecule has 6 heteroatoms. The van der Waals surface area contributed by atoms with E-state index in [2.05, 4.69) is 121 Å². The second-order valence-electron chi connectivity index (χ2n) is 13.4. The summed E-state index contributed by atoms with van der Waals surface area (Å²) in [6, 6.07) is 60.3. The molecule has 6 aromatic carbocycles. The summed E-state index contributed by atoms with van der Waals surface area (Å²) < 4.78 is 0. The molecule has 2 fully saturated rings. The Kier molecular flexibility index (Phi) is 12.5. The SMILES string of the molecule is O=C(N[C@@H](c1ccccc1)[C@@H](NC(=O)[C]1[CH][CH][CH][C]1P(c1ccccc1)c1ccccc1)c1ccccc1)[C]1[CH][CH][CH][C]1P(c1ccccc1)c1ccccc1. The fourth-order valence-corrected chi connectivity index (χ4v) is 12.1. The summed E-state index contributed by atoms with van der Waals surface area (Å²) in [5.74, 6) is 0.855. The van der Waals surface area contributed by atoms with Gasteiger partial charge in [0.05, 0.1) is 23.9 Å². The van der Waals surface area contributed by atoms with E-state index in [1.165, 1.54) is 21.2 Å². The minimum Gasteiger partial charge on any atom is -0.346 e. The van der Waals surface area contributed by atoms with E-state index in [4.69, 9.17) is 0 Å². The van der Waals surface area contributed by atoms with Crippen molar-refractivity contribution in [3.63, 3.8) is 0 Å². The molecule has 2 N–H and O–H groups in total. The van der Waals surface area contributed by atoms with Crippen molar-refractivity contribution in [2.45, 2.75) is 12.1 Å². The molecule has 0 bridgehead atoms. The fourth-order valence-electron chi connectivity index (χ4n) is 7.23. The molecule has 2 aliphatic rings. The maximum absolute atomic E-state index is 14.8. The average Bonchev–Trinajstić information content (AvgIpc) is 3.96. The highest BCUT2D eigenvalue weighted by Gasteiger charge is 2.45. The first-order valence-corrected chi connectivity index (χ1v) is 21.4. The molecule has 2 aliphatic carbocycles. The number of hydrogen-bond donors (Lipinski definition) is 2. The van der Waals surface area contributed by atoms with Gasteiger partial charge in [-0.2, -0.15) is 0 Å². The van der Waals surface area contributed by atoms with E-state index in [-0.39, 0.29) is 11.8 Å². The number of carbonyl (C=O) groups excluding carboxylic acids is 2. The van der Waals surface area contributed by atoms with Gasteiger partial charge < -0.3 is 10.6 Å². The van der Waals surface area contributed by atoms with Gasteiger partial charge in [-0.1, -0.05) is 182 Å². The predicted molar refractivity (Wildman–Crippen MR) is 232 cm³/mol. The minimum absolute atomic E-state index is 0.195. The van der Waals surface area contributed by atoms with Gasteiger partial charge in [-0.05, 0) is 86.7 Å². The quantitative estimate of drug-likeness (QED) is 0.116. The van der Waals surface area contributed by atoms with Crippen LogP contribution in [0, 0.1) is 61.7 Å². The summed E-state index contributed by atoms with van der Waals surface area (Å²) in [5, 5.41) is 11.5. The second kappa shape index (κ2) is 18.4. The third kappa shape index (κ3) is 8.58. The Morgan fingerprint density at radius 3 is 0.911 bits per heavy atom. The molecule has 2 saturated carbocycles. The normalized spacial score (nSPS) is 16.5. The zero-order valence-electron chi connectivity index (χ0n) is 30.7. The summed E-state index contributed by atoms with van der Waals surface area (Å²) in [7, 11) is -2.03. The molecular formula is C50H40N2O2P2. The van der Waals surface area contributed by atoms with Crippen LogP contribution in [0.4, 0.5) is 0 Å². The fraction of sp³-hybridized carbons (Fsp3) is 0.0400. The van der Waals surface area contributed by atoms with Gasteiger partial charge >= 0.3 is 0 Å². The van der Waals surface area contributed by atoms with Crippen molar-refractivity contribution in [2.24, 2.45) is 0 Å². The molecular weight excluding hydrogens is 723 g/mol. The van der Waals surface area contributed by atoms with Gasteiger partial charge in [0.25, 0.3) is 0 Å². The van der Waals surface area contributed by atoms with Crippen molar-refractivity contribution in [2.75, 3.05) is 0 Å². The van der Waals surface area contributed by atoms with E-state index in [1.807, 2.05) is 111 Å². The van der Waals surface area contributed by atoms with Gasteiger partial charge in [0.15, 0.2) is 0 Å². The van der Waals surface area contributed by atoms with Crippen LogP contribution in [-0.2, 0) is 9.59 Å². The highest BCUT2D eigenvalue weighted by molar-refractivity contribution is 7.76. The van der Waals surface area contributed by atoms with Crippen molar-refractivity contribution in [1.29, 1.82) is 0 Å². The van der Waals surface area contributed by atoms with E-state index in [9.17, 15) is 9.59 Å². The first-order valence-electron chi connectivity index (χ1n) is 18.7. The summed E-state index contributed by atoms with van der Waals surface area (Å²) in [6.07, 6.45) is 11.9. The molecule has 0 heterocycles. The zero-order chi connectivity index (χ0) is 38.1. The van der Waals surface area contributed by atoms with Gasteiger partial charge in [0.2, 0.25) is 11.8 Å². The molecule has 0 spiro atoms. The van der Waals surface area contributed by atoms with Gasteiger partial charge in [0.1, 0.15) is 0 Å². The van der Waals surface area contributed by atoms with Crippen LogP contribution in [-0.4, -0.2) is 11.8 Å². The van der Waals surface area contributed by atoms with Crippen LogP contribution in [0.25, 0.3) is 0 Å². The first-order chi connectivity index (χ1) is 27.7. The number of nitrogens with one attached hydrogen (secondary N) is 2. The second-order valence-corrected chi connectivity index (χ2v) is 17.8. The van der Waals surface area contributed by atoms with Crippen LogP contribution in [0.1, 0.15) is 23.2 Å². The molecule has 272 valence electrons. The molecule has 10 radical (unpaired) electrons. The number of hydrogen-bond acceptors (Lipinski definition) is 2. The van der Waals surface area contributed by atoms with Crippen LogP contribution in [0.2, 0.25) is 0 Å². The summed E-state index contributed by atoms with van der Waals surface area (Å²) in [6.45, 7) is 0. The van der Waals surface area contributed by atoms with Gasteiger partial charge in [-0.3, -0.25) is 9.59 Å². The molecule has 0 saturated heterocycles. The molecule has 2 amide bonds. The standard InChI is InChI=1S/C50H40N2O2P2/c53-49(43-33-19-35-45(43)55(39-25-11-3-12-26-39)40-27-13-4-14-28-40)51-47(37-21-7-1-8-22-37)48(38-23-9-2-10-24-38)52-50(54)44-34-20-36-46(44)56(41-29-15-5-16-30-41)42-31-17-6-18-32-42/h1-36,47-48H,(H,51,53)(H,52,54)/t47-,48-/m0/s1. The van der Waals surface area contributed by atoms with E-state index >= 15 is 0 Å². The number of rotatable bonds is 13. The zero-order valence-corrected chi connectivity index (χ0v) is 32.4. The molecule has 8 rings (SSSR count). The summed E-state index contributed by atoms with van der Waals surface area (Å²) in [4.78, 5) is 29.5. The number of carbonyl (C=O) groups is 2. The lowest BCUT2D eigenvalue weighted by molar-refractivity contribution is -0.122. The van der Waals surface area contributed by atoms with Crippen LogP contribution < -0.4 is 31.9 Å². The van der Waals surface area contributed by atoms with Gasteiger partial charge in [0, 0.05) is 11.3 Å². The largest absolute Gasteiger partial charge is 0.346 e. The molecule has 0 unspecified atom stereocenters. The van der Waals surface area contributed by atoms with Crippen LogP contribution in [0.5, 0.6) is 0 Å². The lowest BCUT2D eigenvalue weighted by Gasteiger charge is -2.34. The summed E-state index contributed by atoms with van der Waals surface area (Å²) >= 11 is 0. The first kappa shape index (κ1) is 38.0. The topological polar surface area (TPSA) is 58.2 Å².